The lowest BCUT2D eigenvalue weighted by Gasteiger charge is -2.19. The molecule has 3 nitrogen and oxygen atoms in total. The van der Waals surface area contributed by atoms with E-state index in [4.69, 9.17) is 5.11 Å². The topological polar surface area (TPSA) is 57.5 Å². The van der Waals surface area contributed by atoms with Crippen LogP contribution in [0.4, 0.5) is 0 Å². The molecule has 0 aromatic heterocycles. The third-order valence-corrected chi connectivity index (χ3v) is 3.19. The van der Waals surface area contributed by atoms with Gasteiger partial charge in [0.1, 0.15) is 5.75 Å². The number of halogens is 1. The molecule has 82 valence electrons. The normalized spacial score (nSPS) is 11.4. The molecule has 0 saturated carbocycles. The number of benzene rings is 1. The van der Waals surface area contributed by atoms with Gasteiger partial charge in [0.2, 0.25) is 0 Å². The first kappa shape index (κ1) is 12.0. The number of carboxylic acids is 1. The summed E-state index contributed by atoms with van der Waals surface area (Å²) < 4.78 is 0.569. The van der Waals surface area contributed by atoms with Crippen molar-refractivity contribution in [1.82, 2.24) is 0 Å². The van der Waals surface area contributed by atoms with Crippen molar-refractivity contribution in [3.05, 3.63) is 28.2 Å². The molecule has 0 aliphatic carbocycles. The Balaban J connectivity index is 3.00. The fourth-order valence-corrected chi connectivity index (χ4v) is 1.66. The van der Waals surface area contributed by atoms with Gasteiger partial charge in [-0.05, 0) is 47.8 Å². The van der Waals surface area contributed by atoms with Crippen molar-refractivity contribution in [2.45, 2.75) is 20.3 Å². The number of carbonyl (C=O) groups is 1. The summed E-state index contributed by atoms with van der Waals surface area (Å²) in [6.07, 6.45) is 0.372. The Hall–Kier alpha value is -1.03. The minimum atomic E-state index is -0.849. The summed E-state index contributed by atoms with van der Waals surface area (Å²) in [6, 6.07) is 5.06. The molecule has 4 heteroatoms. The molecule has 0 amide bonds. The number of aliphatic carboxylic acids is 1. The number of carboxylic acid groups (broad SMARTS) is 1. The highest BCUT2D eigenvalue weighted by molar-refractivity contribution is 9.10. The maximum Gasteiger partial charge on any atom is 0.309 e. The third-order valence-electron chi connectivity index (χ3n) is 2.27. The zero-order chi connectivity index (χ0) is 11.6. The average molecular weight is 273 g/mol. The first-order valence-electron chi connectivity index (χ1n) is 4.54. The number of phenolic OH excluding ortho intramolecular Hbond substituents is 1. The third kappa shape index (κ3) is 2.72. The first-order chi connectivity index (χ1) is 6.84. The summed E-state index contributed by atoms with van der Waals surface area (Å²) in [5, 5.41) is 18.4. The van der Waals surface area contributed by atoms with Crippen LogP contribution in [0.15, 0.2) is 22.7 Å². The molecule has 0 bridgehead atoms. The van der Waals surface area contributed by atoms with E-state index < -0.39 is 11.4 Å². The zero-order valence-corrected chi connectivity index (χ0v) is 10.2. The van der Waals surface area contributed by atoms with E-state index in [1.54, 1.807) is 32.0 Å². The molecule has 1 aromatic carbocycles. The highest BCUT2D eigenvalue weighted by atomic mass is 79.9. The molecule has 15 heavy (non-hydrogen) atoms. The molecular weight excluding hydrogens is 260 g/mol. The highest BCUT2D eigenvalue weighted by Crippen LogP contribution is 2.32. The second kappa shape index (κ2) is 4.23. The molecule has 0 fully saturated rings. The average Bonchev–Trinajstić information content (AvgIpc) is 2.12. The SMILES string of the molecule is CC(C)(Cc1cccc(O)c1Br)C(=O)O. The summed E-state index contributed by atoms with van der Waals surface area (Å²) >= 11 is 3.24. The highest BCUT2D eigenvalue weighted by Gasteiger charge is 2.28. The Kier molecular flexibility index (Phi) is 3.39. The van der Waals surface area contributed by atoms with E-state index in [1.807, 2.05) is 0 Å². The van der Waals surface area contributed by atoms with Crippen molar-refractivity contribution in [1.29, 1.82) is 0 Å². The Bertz CT molecular complexity index is 385. The van der Waals surface area contributed by atoms with Crippen molar-refractivity contribution < 1.29 is 15.0 Å². The van der Waals surface area contributed by atoms with Gasteiger partial charge >= 0.3 is 5.97 Å². The predicted molar refractivity (Wildman–Crippen MR) is 60.9 cm³/mol. The van der Waals surface area contributed by atoms with Crippen LogP contribution in [-0.2, 0) is 11.2 Å². The molecule has 0 aliphatic rings. The predicted octanol–water partition coefficient (Wildman–Crippen LogP) is 2.81. The maximum absolute atomic E-state index is 10.9. The number of rotatable bonds is 3. The maximum atomic E-state index is 10.9. The van der Waals surface area contributed by atoms with E-state index in [1.165, 1.54) is 0 Å². The summed E-state index contributed by atoms with van der Waals surface area (Å²) in [4.78, 5) is 10.9. The van der Waals surface area contributed by atoms with E-state index in [0.29, 0.717) is 10.9 Å². The van der Waals surface area contributed by atoms with Crippen molar-refractivity contribution in [3.8, 4) is 5.75 Å². The van der Waals surface area contributed by atoms with Gasteiger partial charge in [-0.25, -0.2) is 0 Å². The fraction of sp³-hybridized carbons (Fsp3) is 0.364. The van der Waals surface area contributed by atoms with Crippen molar-refractivity contribution >= 4 is 21.9 Å². The molecule has 1 aromatic rings. The van der Waals surface area contributed by atoms with Gasteiger partial charge in [0, 0.05) is 0 Å². The molecule has 2 N–H and O–H groups in total. The summed E-state index contributed by atoms with van der Waals surface area (Å²) in [5.41, 5.74) is -0.0431. The van der Waals surface area contributed by atoms with Crippen molar-refractivity contribution in [3.63, 3.8) is 0 Å². The van der Waals surface area contributed by atoms with E-state index in [-0.39, 0.29) is 5.75 Å². The molecule has 0 aliphatic heterocycles. The smallest absolute Gasteiger partial charge is 0.309 e. The van der Waals surface area contributed by atoms with Gasteiger partial charge in [0.25, 0.3) is 0 Å². The van der Waals surface area contributed by atoms with Crippen LogP contribution in [0, 0.1) is 5.41 Å². The number of phenols is 1. The van der Waals surface area contributed by atoms with Gasteiger partial charge in [-0.2, -0.15) is 0 Å². The van der Waals surface area contributed by atoms with Gasteiger partial charge in [-0.1, -0.05) is 12.1 Å². The Morgan fingerprint density at radius 2 is 2.07 bits per heavy atom. The van der Waals surface area contributed by atoms with Gasteiger partial charge < -0.3 is 10.2 Å². The number of hydrogen-bond acceptors (Lipinski definition) is 2. The van der Waals surface area contributed by atoms with E-state index in [2.05, 4.69) is 15.9 Å². The lowest BCUT2D eigenvalue weighted by atomic mass is 9.86. The Morgan fingerprint density at radius 1 is 1.47 bits per heavy atom. The van der Waals surface area contributed by atoms with Crippen molar-refractivity contribution in [2.75, 3.05) is 0 Å². The van der Waals surface area contributed by atoms with Crippen LogP contribution >= 0.6 is 15.9 Å². The Labute approximate surface area is 96.9 Å². The van der Waals surface area contributed by atoms with E-state index in [9.17, 15) is 9.90 Å². The number of aromatic hydroxyl groups is 1. The van der Waals surface area contributed by atoms with Crippen LogP contribution < -0.4 is 0 Å². The molecule has 0 saturated heterocycles. The summed E-state index contributed by atoms with van der Waals surface area (Å²) in [7, 11) is 0. The standard InChI is InChI=1S/C11H13BrO3/c1-11(2,10(14)15)6-7-4-3-5-8(13)9(7)12/h3-5,13H,6H2,1-2H3,(H,14,15). The van der Waals surface area contributed by atoms with Crippen LogP contribution in [0.2, 0.25) is 0 Å². The second-order valence-electron chi connectivity index (χ2n) is 4.12. The Morgan fingerprint density at radius 3 is 2.60 bits per heavy atom. The fourth-order valence-electron chi connectivity index (χ4n) is 1.25. The molecule has 0 unspecified atom stereocenters. The van der Waals surface area contributed by atoms with Gasteiger partial charge in [-0.3, -0.25) is 4.79 Å². The van der Waals surface area contributed by atoms with E-state index in [0.717, 1.165) is 5.56 Å². The van der Waals surface area contributed by atoms with Crippen LogP contribution in [0.3, 0.4) is 0 Å². The minimum absolute atomic E-state index is 0.133. The van der Waals surface area contributed by atoms with Gasteiger partial charge in [0.15, 0.2) is 0 Å². The van der Waals surface area contributed by atoms with Crippen LogP contribution in [0.5, 0.6) is 5.75 Å². The minimum Gasteiger partial charge on any atom is -0.507 e. The summed E-state index contributed by atoms with van der Waals surface area (Å²) in [6.45, 7) is 3.32. The molecule has 0 atom stereocenters. The van der Waals surface area contributed by atoms with Crippen LogP contribution in [0.25, 0.3) is 0 Å². The molecule has 0 spiro atoms. The largest absolute Gasteiger partial charge is 0.507 e. The molecule has 0 radical (unpaired) electrons. The molecule has 0 heterocycles. The van der Waals surface area contributed by atoms with Crippen molar-refractivity contribution in [2.24, 2.45) is 5.41 Å². The summed E-state index contributed by atoms with van der Waals surface area (Å²) in [5.74, 6) is -0.716. The lowest BCUT2D eigenvalue weighted by Crippen LogP contribution is -2.26. The lowest BCUT2D eigenvalue weighted by molar-refractivity contribution is -0.146. The molecular formula is C11H13BrO3. The first-order valence-corrected chi connectivity index (χ1v) is 5.33. The van der Waals surface area contributed by atoms with Crippen LogP contribution in [-0.4, -0.2) is 16.2 Å². The zero-order valence-electron chi connectivity index (χ0n) is 8.62. The van der Waals surface area contributed by atoms with Crippen LogP contribution in [0.1, 0.15) is 19.4 Å². The quantitative estimate of drug-likeness (QED) is 0.890. The van der Waals surface area contributed by atoms with Gasteiger partial charge in [0.05, 0.1) is 9.89 Å². The second-order valence-corrected chi connectivity index (χ2v) is 4.91. The molecule has 1 rings (SSSR count). The van der Waals surface area contributed by atoms with E-state index >= 15 is 0 Å². The number of hydrogen-bond donors (Lipinski definition) is 2. The van der Waals surface area contributed by atoms with Gasteiger partial charge in [-0.15, -0.1) is 0 Å². The monoisotopic (exact) mass is 272 g/mol.